The summed E-state index contributed by atoms with van der Waals surface area (Å²) < 4.78 is 0. The van der Waals surface area contributed by atoms with Crippen LogP contribution in [0.25, 0.3) is 0 Å². The van der Waals surface area contributed by atoms with Crippen LogP contribution < -0.4 is 10.2 Å². The Bertz CT molecular complexity index is 933. The van der Waals surface area contributed by atoms with Gasteiger partial charge in [-0.2, -0.15) is 0 Å². The second-order valence-electron chi connectivity index (χ2n) is 6.18. The molecule has 0 aliphatic rings. The molecular weight excluding hydrogens is 362 g/mol. The molecule has 0 bridgehead atoms. The summed E-state index contributed by atoms with van der Waals surface area (Å²) in [7, 11) is 1.90. The molecule has 1 N–H and O–H groups in total. The number of nitrogens with one attached hydrogen (secondary N) is 1. The molecule has 7 heteroatoms. The van der Waals surface area contributed by atoms with Gasteiger partial charge in [-0.25, -0.2) is 9.97 Å². The van der Waals surface area contributed by atoms with Crippen LogP contribution in [0.2, 0.25) is 5.02 Å². The fraction of sp³-hybridized carbons (Fsp3) is 0.200. The number of carbonyl (C=O) groups is 1. The Morgan fingerprint density at radius 3 is 2.67 bits per heavy atom. The Morgan fingerprint density at radius 2 is 1.93 bits per heavy atom. The molecular formula is C20H20ClN5O. The third-order valence-corrected chi connectivity index (χ3v) is 4.37. The van der Waals surface area contributed by atoms with Gasteiger partial charge in [0, 0.05) is 42.9 Å². The van der Waals surface area contributed by atoms with E-state index < -0.39 is 0 Å². The molecule has 138 valence electrons. The van der Waals surface area contributed by atoms with Gasteiger partial charge < -0.3 is 10.2 Å². The molecule has 27 heavy (non-hydrogen) atoms. The van der Waals surface area contributed by atoms with E-state index in [-0.39, 0.29) is 5.91 Å². The van der Waals surface area contributed by atoms with Crippen LogP contribution in [0.1, 0.15) is 21.6 Å². The number of hydrogen-bond donors (Lipinski definition) is 1. The van der Waals surface area contributed by atoms with E-state index in [0.29, 0.717) is 22.4 Å². The maximum absolute atomic E-state index is 12.5. The minimum Gasteiger partial charge on any atom is -0.344 e. The van der Waals surface area contributed by atoms with Crippen LogP contribution in [-0.4, -0.2) is 34.5 Å². The number of aryl methyl sites for hydroxylation is 1. The van der Waals surface area contributed by atoms with E-state index in [1.165, 1.54) is 5.56 Å². The number of likely N-dealkylation sites (N-methyl/N-ethyl adjacent to an activating group) is 1. The van der Waals surface area contributed by atoms with Gasteiger partial charge in [0.05, 0.1) is 0 Å². The second kappa shape index (κ2) is 8.60. The van der Waals surface area contributed by atoms with E-state index in [4.69, 9.17) is 11.6 Å². The summed E-state index contributed by atoms with van der Waals surface area (Å²) in [6.45, 7) is 2.62. The van der Waals surface area contributed by atoms with Crippen molar-refractivity contribution in [3.8, 4) is 0 Å². The lowest BCUT2D eigenvalue weighted by molar-refractivity contribution is 0.102. The summed E-state index contributed by atoms with van der Waals surface area (Å²) in [6.07, 6.45) is 5.97. The van der Waals surface area contributed by atoms with Gasteiger partial charge in [0.15, 0.2) is 0 Å². The van der Waals surface area contributed by atoms with Crippen molar-refractivity contribution in [3.63, 3.8) is 0 Å². The molecule has 0 unspecified atom stereocenters. The Kier molecular flexibility index (Phi) is 5.98. The minimum absolute atomic E-state index is 0.286. The van der Waals surface area contributed by atoms with Crippen molar-refractivity contribution in [2.75, 3.05) is 23.8 Å². The predicted octanol–water partition coefficient (Wildman–Crippen LogP) is 3.76. The predicted molar refractivity (Wildman–Crippen MR) is 107 cm³/mol. The molecule has 0 saturated carbocycles. The van der Waals surface area contributed by atoms with Crippen molar-refractivity contribution in [1.82, 2.24) is 15.0 Å². The molecule has 0 fully saturated rings. The highest BCUT2D eigenvalue weighted by Crippen LogP contribution is 2.20. The van der Waals surface area contributed by atoms with E-state index in [1.54, 1.807) is 42.9 Å². The average molecular weight is 382 g/mol. The summed E-state index contributed by atoms with van der Waals surface area (Å²) in [5.74, 6) is 0.219. The molecule has 1 amide bonds. The SMILES string of the molecule is Cc1cc(Cl)ccc1NC(=O)c1ccnc(N(C)CCc2ccncc2)n1. The van der Waals surface area contributed by atoms with Crippen molar-refractivity contribution in [2.24, 2.45) is 0 Å². The number of nitrogens with zero attached hydrogens (tertiary/aromatic N) is 4. The van der Waals surface area contributed by atoms with Crippen molar-refractivity contribution < 1.29 is 4.79 Å². The van der Waals surface area contributed by atoms with Crippen molar-refractivity contribution in [2.45, 2.75) is 13.3 Å². The molecule has 1 aromatic carbocycles. The quantitative estimate of drug-likeness (QED) is 0.703. The Labute approximate surface area is 163 Å². The first-order chi connectivity index (χ1) is 13.0. The zero-order valence-corrected chi connectivity index (χ0v) is 15.9. The molecule has 0 spiro atoms. The summed E-state index contributed by atoms with van der Waals surface area (Å²) >= 11 is 5.96. The number of pyridine rings is 1. The van der Waals surface area contributed by atoms with Crippen LogP contribution in [0.3, 0.4) is 0 Å². The lowest BCUT2D eigenvalue weighted by Crippen LogP contribution is -2.24. The summed E-state index contributed by atoms with van der Waals surface area (Å²) in [5.41, 5.74) is 3.09. The third kappa shape index (κ3) is 5.01. The molecule has 0 saturated heterocycles. The van der Waals surface area contributed by atoms with E-state index in [9.17, 15) is 4.79 Å². The van der Waals surface area contributed by atoms with Gasteiger partial charge in [0.1, 0.15) is 5.69 Å². The average Bonchev–Trinajstić information content (AvgIpc) is 2.69. The molecule has 3 aromatic rings. The van der Waals surface area contributed by atoms with E-state index in [2.05, 4.69) is 20.3 Å². The van der Waals surface area contributed by atoms with E-state index >= 15 is 0 Å². The largest absolute Gasteiger partial charge is 0.344 e. The standard InChI is InChI=1S/C20H20ClN5O/c1-14-13-16(21)3-4-17(14)24-19(27)18-7-11-23-20(25-18)26(2)12-8-15-5-9-22-10-6-15/h3-7,9-11,13H,8,12H2,1-2H3,(H,24,27). The smallest absolute Gasteiger partial charge is 0.274 e. The van der Waals surface area contributed by atoms with Gasteiger partial charge in [-0.3, -0.25) is 9.78 Å². The number of amides is 1. The highest BCUT2D eigenvalue weighted by Gasteiger charge is 2.12. The molecule has 0 aliphatic carbocycles. The minimum atomic E-state index is -0.286. The Morgan fingerprint density at radius 1 is 1.15 bits per heavy atom. The van der Waals surface area contributed by atoms with Gasteiger partial charge >= 0.3 is 0 Å². The zero-order chi connectivity index (χ0) is 19.2. The first-order valence-electron chi connectivity index (χ1n) is 8.53. The second-order valence-corrected chi connectivity index (χ2v) is 6.62. The maximum atomic E-state index is 12.5. The number of benzene rings is 1. The van der Waals surface area contributed by atoms with Crippen LogP contribution in [0.15, 0.2) is 55.0 Å². The number of aromatic nitrogens is 3. The lowest BCUT2D eigenvalue weighted by Gasteiger charge is -2.17. The van der Waals surface area contributed by atoms with Crippen LogP contribution in [0, 0.1) is 6.92 Å². The zero-order valence-electron chi connectivity index (χ0n) is 15.2. The lowest BCUT2D eigenvalue weighted by atomic mass is 10.2. The number of carbonyl (C=O) groups excluding carboxylic acids is 1. The van der Waals surface area contributed by atoms with Crippen LogP contribution >= 0.6 is 11.6 Å². The molecule has 0 atom stereocenters. The molecule has 2 heterocycles. The van der Waals surface area contributed by atoms with Gasteiger partial charge in [-0.05, 0) is 60.9 Å². The van der Waals surface area contributed by atoms with E-state index in [1.807, 2.05) is 31.0 Å². The Balaban J connectivity index is 1.67. The number of anilines is 2. The highest BCUT2D eigenvalue weighted by molar-refractivity contribution is 6.30. The normalized spacial score (nSPS) is 10.5. The summed E-state index contributed by atoms with van der Waals surface area (Å²) in [5, 5.41) is 3.49. The van der Waals surface area contributed by atoms with Crippen LogP contribution in [0.5, 0.6) is 0 Å². The fourth-order valence-electron chi connectivity index (χ4n) is 2.56. The van der Waals surface area contributed by atoms with Crippen molar-refractivity contribution in [1.29, 1.82) is 0 Å². The number of halogens is 1. The van der Waals surface area contributed by atoms with Crippen LogP contribution in [0.4, 0.5) is 11.6 Å². The third-order valence-electron chi connectivity index (χ3n) is 4.14. The topological polar surface area (TPSA) is 71.0 Å². The van der Waals surface area contributed by atoms with Crippen LogP contribution in [-0.2, 0) is 6.42 Å². The highest BCUT2D eigenvalue weighted by atomic mass is 35.5. The molecule has 2 aromatic heterocycles. The summed E-state index contributed by atoms with van der Waals surface area (Å²) in [6, 6.07) is 10.9. The molecule has 0 aliphatic heterocycles. The molecule has 6 nitrogen and oxygen atoms in total. The van der Waals surface area contributed by atoms with Gasteiger partial charge in [-0.15, -0.1) is 0 Å². The fourth-order valence-corrected chi connectivity index (χ4v) is 2.79. The number of hydrogen-bond acceptors (Lipinski definition) is 5. The van der Waals surface area contributed by atoms with Crippen molar-refractivity contribution in [3.05, 3.63) is 76.8 Å². The van der Waals surface area contributed by atoms with Gasteiger partial charge in [0.2, 0.25) is 5.95 Å². The van der Waals surface area contributed by atoms with Gasteiger partial charge in [-0.1, -0.05) is 11.6 Å². The van der Waals surface area contributed by atoms with E-state index in [0.717, 1.165) is 18.5 Å². The monoisotopic (exact) mass is 381 g/mol. The Hall–Kier alpha value is -2.99. The first kappa shape index (κ1) is 18.8. The first-order valence-corrected chi connectivity index (χ1v) is 8.91. The van der Waals surface area contributed by atoms with Crippen molar-refractivity contribution >= 4 is 29.1 Å². The molecule has 0 radical (unpaired) electrons. The van der Waals surface area contributed by atoms with Gasteiger partial charge in [0.25, 0.3) is 5.91 Å². The summed E-state index contributed by atoms with van der Waals surface area (Å²) in [4.78, 5) is 27.2. The maximum Gasteiger partial charge on any atom is 0.274 e. The number of rotatable bonds is 6. The molecule has 3 rings (SSSR count).